The van der Waals surface area contributed by atoms with Gasteiger partial charge in [-0.1, -0.05) is 41.9 Å². The number of carbonyl (C=O) groups excluding carboxylic acids is 3. The predicted octanol–water partition coefficient (Wildman–Crippen LogP) is 4.42. The standard InChI is InChI=1S/C26H24BrN7O4/c1-24(2)25(3)9-10-26(24,38-23(25)37)22(36)30-17-6-4-5-13-11-18(28-19(13)17)21(35)29-16-8-7-14(27)12-15(16)20-31-33-34-32-20/h4-8,11-12,28H,9-10H2,1-3H3,(H,29,35)(H,30,36)(H,31,32,33,34). The molecule has 4 N–H and O–H groups in total. The molecule has 2 fully saturated rings. The molecule has 1 saturated carbocycles. The number of para-hydroxylation sites is 1. The van der Waals surface area contributed by atoms with Crippen LogP contribution in [0.15, 0.2) is 46.9 Å². The number of H-pyrrole nitrogens is 2. The summed E-state index contributed by atoms with van der Waals surface area (Å²) in [7, 11) is 0. The van der Waals surface area contributed by atoms with Crippen molar-refractivity contribution in [3.05, 3.63) is 52.6 Å². The molecule has 1 saturated heterocycles. The minimum atomic E-state index is -1.25. The van der Waals surface area contributed by atoms with Crippen molar-refractivity contribution in [3.63, 3.8) is 0 Å². The molecule has 12 heteroatoms. The van der Waals surface area contributed by atoms with Crippen molar-refractivity contribution in [2.24, 2.45) is 10.8 Å². The van der Waals surface area contributed by atoms with Gasteiger partial charge in [-0.2, -0.15) is 5.21 Å². The first-order chi connectivity index (χ1) is 18.1. The summed E-state index contributed by atoms with van der Waals surface area (Å²) < 4.78 is 6.52. The minimum absolute atomic E-state index is 0.294. The number of aromatic nitrogens is 5. The number of hydrogen-bond acceptors (Lipinski definition) is 7. The zero-order chi connectivity index (χ0) is 26.9. The second kappa shape index (κ2) is 8.22. The van der Waals surface area contributed by atoms with Crippen LogP contribution in [0.5, 0.6) is 0 Å². The van der Waals surface area contributed by atoms with Gasteiger partial charge in [-0.15, -0.1) is 10.2 Å². The normalized spacial score (nSPS) is 23.4. The first-order valence-corrected chi connectivity index (χ1v) is 12.9. The second-order valence-corrected chi connectivity index (χ2v) is 11.4. The Balaban J connectivity index is 1.29. The third kappa shape index (κ3) is 3.32. The lowest BCUT2D eigenvalue weighted by molar-refractivity contribution is -0.165. The highest BCUT2D eigenvalue weighted by atomic mass is 79.9. The Morgan fingerprint density at radius 2 is 1.87 bits per heavy atom. The monoisotopic (exact) mass is 577 g/mol. The molecule has 2 atom stereocenters. The average molecular weight is 578 g/mol. The summed E-state index contributed by atoms with van der Waals surface area (Å²) >= 11 is 3.43. The Kier molecular flexibility index (Phi) is 5.25. The van der Waals surface area contributed by atoms with E-state index in [1.807, 2.05) is 26.8 Å². The summed E-state index contributed by atoms with van der Waals surface area (Å²) in [5.74, 6) is -0.762. The van der Waals surface area contributed by atoms with E-state index in [9.17, 15) is 14.4 Å². The lowest BCUT2D eigenvalue weighted by atomic mass is 9.66. The highest BCUT2D eigenvalue weighted by molar-refractivity contribution is 9.10. The summed E-state index contributed by atoms with van der Waals surface area (Å²) in [5, 5.41) is 20.6. The van der Waals surface area contributed by atoms with Gasteiger partial charge in [0.1, 0.15) is 5.69 Å². The molecule has 0 spiro atoms. The molecule has 6 rings (SSSR count). The quantitative estimate of drug-likeness (QED) is 0.256. The minimum Gasteiger partial charge on any atom is -0.448 e. The molecule has 2 aromatic heterocycles. The Morgan fingerprint density at radius 1 is 1.05 bits per heavy atom. The van der Waals surface area contributed by atoms with Crippen molar-refractivity contribution in [2.45, 2.75) is 39.2 Å². The van der Waals surface area contributed by atoms with Gasteiger partial charge < -0.3 is 20.4 Å². The first-order valence-electron chi connectivity index (χ1n) is 12.1. The van der Waals surface area contributed by atoms with Crippen LogP contribution < -0.4 is 10.6 Å². The van der Waals surface area contributed by atoms with Gasteiger partial charge in [0.25, 0.3) is 11.8 Å². The van der Waals surface area contributed by atoms with Crippen molar-refractivity contribution in [3.8, 4) is 11.4 Å². The number of aromatic amines is 2. The molecule has 194 valence electrons. The third-order valence-electron chi connectivity index (χ3n) is 8.42. The van der Waals surface area contributed by atoms with Gasteiger partial charge in [0.15, 0.2) is 5.60 Å². The van der Waals surface area contributed by atoms with Crippen LogP contribution in [0.4, 0.5) is 11.4 Å². The van der Waals surface area contributed by atoms with E-state index in [0.717, 1.165) is 9.86 Å². The lowest BCUT2D eigenvalue weighted by Gasteiger charge is -2.35. The molecule has 0 radical (unpaired) electrons. The largest absolute Gasteiger partial charge is 0.448 e. The number of nitrogens with zero attached hydrogens (tertiary/aromatic N) is 3. The van der Waals surface area contributed by atoms with E-state index in [4.69, 9.17) is 4.74 Å². The van der Waals surface area contributed by atoms with Gasteiger partial charge in [0, 0.05) is 20.8 Å². The van der Waals surface area contributed by atoms with Crippen molar-refractivity contribution in [1.29, 1.82) is 0 Å². The van der Waals surface area contributed by atoms with E-state index in [1.54, 1.807) is 36.4 Å². The number of benzene rings is 2. The molecule has 2 aromatic carbocycles. The number of anilines is 2. The highest BCUT2D eigenvalue weighted by Crippen LogP contribution is 2.65. The van der Waals surface area contributed by atoms with Crippen molar-refractivity contribution < 1.29 is 19.1 Å². The molecule has 2 aliphatic rings. The van der Waals surface area contributed by atoms with E-state index < -0.39 is 16.4 Å². The maximum atomic E-state index is 13.6. The van der Waals surface area contributed by atoms with Crippen LogP contribution in [-0.4, -0.2) is 49.0 Å². The maximum absolute atomic E-state index is 13.6. The Bertz CT molecular complexity index is 1630. The van der Waals surface area contributed by atoms with Gasteiger partial charge in [-0.05, 0) is 55.3 Å². The summed E-state index contributed by atoms with van der Waals surface area (Å²) in [5.41, 5.74) is -0.173. The first kappa shape index (κ1) is 24.3. The van der Waals surface area contributed by atoms with Gasteiger partial charge in [0.2, 0.25) is 5.82 Å². The number of carbonyl (C=O) groups is 3. The number of ether oxygens (including phenoxy) is 1. The smallest absolute Gasteiger partial charge is 0.313 e. The molecule has 38 heavy (non-hydrogen) atoms. The van der Waals surface area contributed by atoms with Gasteiger partial charge in [-0.25, -0.2) is 0 Å². The molecule has 3 heterocycles. The third-order valence-corrected chi connectivity index (χ3v) is 8.91. The maximum Gasteiger partial charge on any atom is 0.313 e. The molecule has 2 amide bonds. The Labute approximate surface area is 225 Å². The van der Waals surface area contributed by atoms with Crippen molar-refractivity contribution in [2.75, 3.05) is 10.6 Å². The number of tetrazole rings is 1. The number of esters is 1. The fraction of sp³-hybridized carbons (Fsp3) is 0.308. The van der Waals surface area contributed by atoms with Crippen LogP contribution in [0.25, 0.3) is 22.3 Å². The van der Waals surface area contributed by atoms with Crippen LogP contribution in [-0.2, 0) is 14.3 Å². The number of hydrogen-bond donors (Lipinski definition) is 4. The molecule has 1 aliphatic carbocycles. The Morgan fingerprint density at radius 3 is 2.55 bits per heavy atom. The predicted molar refractivity (Wildman–Crippen MR) is 142 cm³/mol. The highest BCUT2D eigenvalue weighted by Gasteiger charge is 2.75. The summed E-state index contributed by atoms with van der Waals surface area (Å²) in [6.07, 6.45) is 1.05. The summed E-state index contributed by atoms with van der Waals surface area (Å²) in [6, 6.07) is 12.4. The van der Waals surface area contributed by atoms with Crippen molar-refractivity contribution >= 4 is 56.0 Å². The summed E-state index contributed by atoms with van der Waals surface area (Å²) in [4.78, 5) is 42.6. The van der Waals surface area contributed by atoms with Gasteiger partial charge >= 0.3 is 5.97 Å². The fourth-order valence-electron chi connectivity index (χ4n) is 5.63. The SMILES string of the molecule is CC12CCC(C(=O)Nc3cccc4cc(C(=O)Nc5ccc(Br)cc5-c5nn[nH]n5)[nH]c34)(OC1=O)C2(C)C. The van der Waals surface area contributed by atoms with E-state index in [0.29, 0.717) is 46.8 Å². The molecule has 1 aliphatic heterocycles. The Hall–Kier alpha value is -4.06. The number of halogens is 1. The van der Waals surface area contributed by atoms with Gasteiger partial charge in [0.05, 0.1) is 22.3 Å². The van der Waals surface area contributed by atoms with Crippen LogP contribution in [0.2, 0.25) is 0 Å². The number of fused-ring (bicyclic) bond motifs is 3. The van der Waals surface area contributed by atoms with Crippen LogP contribution >= 0.6 is 15.9 Å². The zero-order valence-corrected chi connectivity index (χ0v) is 22.4. The lowest BCUT2D eigenvalue weighted by Crippen LogP contribution is -2.50. The molecule has 11 nitrogen and oxygen atoms in total. The van der Waals surface area contributed by atoms with Crippen LogP contribution in [0, 0.1) is 10.8 Å². The van der Waals surface area contributed by atoms with E-state index >= 15 is 0 Å². The number of nitrogens with one attached hydrogen (secondary N) is 4. The molecular weight excluding hydrogens is 554 g/mol. The fourth-order valence-corrected chi connectivity index (χ4v) is 5.99. The number of amides is 2. The zero-order valence-electron chi connectivity index (χ0n) is 20.8. The second-order valence-electron chi connectivity index (χ2n) is 10.5. The topological polar surface area (TPSA) is 155 Å². The van der Waals surface area contributed by atoms with Crippen LogP contribution in [0.1, 0.15) is 44.1 Å². The van der Waals surface area contributed by atoms with E-state index in [1.165, 1.54) is 0 Å². The summed E-state index contributed by atoms with van der Waals surface area (Å²) in [6.45, 7) is 5.68. The van der Waals surface area contributed by atoms with Crippen molar-refractivity contribution in [1.82, 2.24) is 25.6 Å². The van der Waals surface area contributed by atoms with Crippen LogP contribution in [0.3, 0.4) is 0 Å². The molecule has 4 aromatic rings. The van der Waals surface area contributed by atoms with E-state index in [2.05, 4.69) is 52.2 Å². The average Bonchev–Trinajstić information content (AvgIpc) is 3.63. The molecular formula is C26H24BrN7O4. The molecule has 2 bridgehead atoms. The molecule has 2 unspecified atom stereocenters. The van der Waals surface area contributed by atoms with Gasteiger partial charge in [-0.3, -0.25) is 14.4 Å². The van der Waals surface area contributed by atoms with E-state index in [-0.39, 0.29) is 17.8 Å². The number of rotatable bonds is 5.